The maximum atomic E-state index is 12.2. The molecule has 0 radical (unpaired) electrons. The van der Waals surface area contributed by atoms with Crippen LogP contribution in [-0.4, -0.2) is 30.2 Å². The minimum absolute atomic E-state index is 0.0411. The molecule has 1 saturated carbocycles. The lowest BCUT2D eigenvalue weighted by molar-refractivity contribution is -0.134. The molecule has 2 unspecified atom stereocenters. The molecule has 0 bridgehead atoms. The SMILES string of the molecule is CC1CCC(CN)(NC(=O)C2CCC(C)O2)CC1. The summed E-state index contributed by atoms with van der Waals surface area (Å²) in [6.45, 7) is 4.83. The van der Waals surface area contributed by atoms with E-state index in [9.17, 15) is 4.79 Å². The van der Waals surface area contributed by atoms with Crippen LogP contribution in [0.4, 0.5) is 0 Å². The molecule has 3 N–H and O–H groups in total. The molecule has 0 aromatic rings. The standard InChI is InChI=1S/C14H26N2O2/c1-10-5-7-14(9-15,8-6-10)16-13(17)12-4-3-11(2)18-12/h10-12H,3-9,15H2,1-2H3,(H,16,17). The normalized spacial score (nSPS) is 40.7. The third-order valence-electron chi connectivity index (χ3n) is 4.53. The van der Waals surface area contributed by atoms with Crippen molar-refractivity contribution in [2.24, 2.45) is 11.7 Å². The number of ether oxygens (including phenoxy) is 1. The lowest BCUT2D eigenvalue weighted by atomic mass is 9.77. The zero-order valence-electron chi connectivity index (χ0n) is 11.6. The highest BCUT2D eigenvalue weighted by atomic mass is 16.5. The molecule has 2 rings (SSSR count). The van der Waals surface area contributed by atoms with Crippen molar-refractivity contribution in [1.29, 1.82) is 0 Å². The molecular formula is C14H26N2O2. The molecule has 4 heteroatoms. The number of hydrogen-bond acceptors (Lipinski definition) is 3. The van der Waals surface area contributed by atoms with E-state index in [4.69, 9.17) is 10.5 Å². The zero-order chi connectivity index (χ0) is 13.2. The molecular weight excluding hydrogens is 228 g/mol. The Kier molecular flexibility index (Phi) is 4.28. The smallest absolute Gasteiger partial charge is 0.249 e. The van der Waals surface area contributed by atoms with Crippen molar-refractivity contribution in [3.8, 4) is 0 Å². The Hall–Kier alpha value is -0.610. The first-order chi connectivity index (χ1) is 8.54. The number of nitrogens with one attached hydrogen (secondary N) is 1. The topological polar surface area (TPSA) is 64.3 Å². The first-order valence-electron chi connectivity index (χ1n) is 7.22. The van der Waals surface area contributed by atoms with Gasteiger partial charge in [-0.1, -0.05) is 6.92 Å². The van der Waals surface area contributed by atoms with Gasteiger partial charge in [0.2, 0.25) is 5.91 Å². The largest absolute Gasteiger partial charge is 0.365 e. The predicted octanol–water partition coefficient (Wildman–Crippen LogP) is 1.58. The van der Waals surface area contributed by atoms with Crippen LogP contribution < -0.4 is 11.1 Å². The van der Waals surface area contributed by atoms with Crippen LogP contribution in [0, 0.1) is 5.92 Å². The third kappa shape index (κ3) is 3.04. The maximum Gasteiger partial charge on any atom is 0.249 e. The third-order valence-corrected chi connectivity index (χ3v) is 4.53. The second kappa shape index (κ2) is 5.57. The van der Waals surface area contributed by atoms with Gasteiger partial charge >= 0.3 is 0 Å². The molecule has 0 aromatic heterocycles. The molecule has 18 heavy (non-hydrogen) atoms. The summed E-state index contributed by atoms with van der Waals surface area (Å²) in [5.74, 6) is 0.795. The van der Waals surface area contributed by atoms with Gasteiger partial charge in [-0.15, -0.1) is 0 Å². The lowest BCUT2D eigenvalue weighted by Gasteiger charge is -2.39. The molecule has 0 aromatic carbocycles. The number of carbonyl (C=O) groups is 1. The average molecular weight is 254 g/mol. The van der Waals surface area contributed by atoms with E-state index < -0.39 is 0 Å². The average Bonchev–Trinajstić information content (AvgIpc) is 2.79. The summed E-state index contributed by atoms with van der Waals surface area (Å²) in [6, 6.07) is 0. The van der Waals surface area contributed by atoms with Gasteiger partial charge in [0, 0.05) is 6.54 Å². The summed E-state index contributed by atoms with van der Waals surface area (Å²) in [6.07, 6.45) is 6.06. The first kappa shape index (κ1) is 13.8. The van der Waals surface area contributed by atoms with Gasteiger partial charge in [0.05, 0.1) is 11.6 Å². The van der Waals surface area contributed by atoms with Crippen LogP contribution in [0.3, 0.4) is 0 Å². The first-order valence-corrected chi connectivity index (χ1v) is 7.22. The van der Waals surface area contributed by atoms with Gasteiger partial charge in [-0.3, -0.25) is 4.79 Å². The molecule has 1 amide bonds. The summed E-state index contributed by atoms with van der Waals surface area (Å²) in [5, 5.41) is 3.18. The Morgan fingerprint density at radius 2 is 1.94 bits per heavy atom. The van der Waals surface area contributed by atoms with Gasteiger partial charge < -0.3 is 15.8 Å². The van der Waals surface area contributed by atoms with Crippen molar-refractivity contribution in [1.82, 2.24) is 5.32 Å². The highest BCUT2D eigenvalue weighted by molar-refractivity contribution is 5.81. The van der Waals surface area contributed by atoms with Gasteiger partial charge in [0.15, 0.2) is 0 Å². The molecule has 1 heterocycles. The number of carbonyl (C=O) groups excluding carboxylic acids is 1. The van der Waals surface area contributed by atoms with Crippen molar-refractivity contribution in [2.45, 2.75) is 70.1 Å². The number of rotatable bonds is 3. The monoisotopic (exact) mass is 254 g/mol. The van der Waals surface area contributed by atoms with E-state index in [1.807, 2.05) is 6.92 Å². The Morgan fingerprint density at radius 1 is 1.28 bits per heavy atom. The van der Waals surface area contributed by atoms with Crippen molar-refractivity contribution >= 4 is 5.91 Å². The van der Waals surface area contributed by atoms with Crippen LogP contribution in [0.1, 0.15) is 52.4 Å². The molecule has 104 valence electrons. The molecule has 2 fully saturated rings. The minimum atomic E-state index is -0.261. The Balaban J connectivity index is 1.91. The number of nitrogens with two attached hydrogens (primary N) is 1. The lowest BCUT2D eigenvalue weighted by Crippen LogP contribution is -2.57. The molecule has 4 nitrogen and oxygen atoms in total. The molecule has 0 spiro atoms. The summed E-state index contributed by atoms with van der Waals surface area (Å²) < 4.78 is 5.62. The van der Waals surface area contributed by atoms with Gasteiger partial charge in [-0.05, 0) is 51.4 Å². The molecule has 2 aliphatic rings. The molecule has 1 aliphatic heterocycles. The van der Waals surface area contributed by atoms with Crippen LogP contribution in [0.25, 0.3) is 0 Å². The van der Waals surface area contributed by atoms with Crippen molar-refractivity contribution in [3.63, 3.8) is 0 Å². The predicted molar refractivity (Wildman–Crippen MR) is 71.1 cm³/mol. The van der Waals surface area contributed by atoms with E-state index >= 15 is 0 Å². The Morgan fingerprint density at radius 3 is 2.44 bits per heavy atom. The fraction of sp³-hybridized carbons (Fsp3) is 0.929. The second-order valence-electron chi connectivity index (χ2n) is 6.17. The van der Waals surface area contributed by atoms with Gasteiger partial charge in [-0.25, -0.2) is 0 Å². The summed E-state index contributed by atoms with van der Waals surface area (Å²) in [7, 11) is 0. The van der Waals surface area contributed by atoms with Crippen molar-refractivity contribution < 1.29 is 9.53 Å². The minimum Gasteiger partial charge on any atom is -0.365 e. The summed E-state index contributed by atoms with van der Waals surface area (Å²) >= 11 is 0. The van der Waals surface area contributed by atoms with Gasteiger partial charge in [0.1, 0.15) is 6.10 Å². The summed E-state index contributed by atoms with van der Waals surface area (Å²) in [4.78, 5) is 12.2. The fourth-order valence-corrected chi connectivity index (χ4v) is 3.03. The highest BCUT2D eigenvalue weighted by Gasteiger charge is 2.37. The highest BCUT2D eigenvalue weighted by Crippen LogP contribution is 2.31. The van der Waals surface area contributed by atoms with E-state index in [0.717, 1.165) is 44.4 Å². The second-order valence-corrected chi connectivity index (χ2v) is 6.17. The fourth-order valence-electron chi connectivity index (χ4n) is 3.03. The molecule has 1 saturated heterocycles. The van der Waals surface area contributed by atoms with E-state index in [1.54, 1.807) is 0 Å². The Bertz CT molecular complexity index is 298. The quantitative estimate of drug-likeness (QED) is 0.803. The van der Waals surface area contributed by atoms with Crippen LogP contribution in [0.5, 0.6) is 0 Å². The van der Waals surface area contributed by atoms with Crippen molar-refractivity contribution in [3.05, 3.63) is 0 Å². The van der Waals surface area contributed by atoms with E-state index in [2.05, 4.69) is 12.2 Å². The maximum absolute atomic E-state index is 12.2. The Labute approximate surface area is 110 Å². The molecule has 1 aliphatic carbocycles. The van der Waals surface area contributed by atoms with E-state index in [0.29, 0.717) is 6.54 Å². The van der Waals surface area contributed by atoms with Gasteiger partial charge in [0.25, 0.3) is 0 Å². The number of hydrogen-bond donors (Lipinski definition) is 2. The van der Waals surface area contributed by atoms with Gasteiger partial charge in [-0.2, -0.15) is 0 Å². The van der Waals surface area contributed by atoms with E-state index in [-0.39, 0.29) is 23.7 Å². The van der Waals surface area contributed by atoms with E-state index in [1.165, 1.54) is 0 Å². The van der Waals surface area contributed by atoms with Crippen LogP contribution in [-0.2, 0) is 9.53 Å². The van der Waals surface area contributed by atoms with Crippen molar-refractivity contribution in [2.75, 3.05) is 6.54 Å². The zero-order valence-corrected chi connectivity index (χ0v) is 11.6. The molecule has 2 atom stereocenters. The van der Waals surface area contributed by atoms with Crippen LogP contribution in [0.2, 0.25) is 0 Å². The van der Waals surface area contributed by atoms with Crippen LogP contribution >= 0.6 is 0 Å². The number of amides is 1. The summed E-state index contributed by atoms with van der Waals surface area (Å²) in [5.41, 5.74) is 5.72. The van der Waals surface area contributed by atoms with Crippen LogP contribution in [0.15, 0.2) is 0 Å².